The van der Waals surface area contributed by atoms with E-state index in [1.807, 2.05) is 0 Å². The van der Waals surface area contributed by atoms with E-state index in [0.29, 0.717) is 23.9 Å². The van der Waals surface area contributed by atoms with Crippen LogP contribution in [0.1, 0.15) is 37.9 Å². The smallest absolute Gasteiger partial charge is 0.349 e. The second-order valence-corrected chi connectivity index (χ2v) is 5.80. The number of H-pyrrole nitrogens is 1. The second kappa shape index (κ2) is 5.85. The van der Waals surface area contributed by atoms with Crippen molar-refractivity contribution in [3.05, 3.63) is 22.4 Å². The molecule has 1 atom stereocenters. The molecule has 1 aliphatic rings. The van der Waals surface area contributed by atoms with Gasteiger partial charge in [0.15, 0.2) is 5.65 Å². The molecule has 2 aromatic rings. The monoisotopic (exact) mass is 290 g/mol. The zero-order valence-electron chi connectivity index (χ0n) is 12.3. The Kier molecular flexibility index (Phi) is 3.92. The summed E-state index contributed by atoms with van der Waals surface area (Å²) in [6.07, 6.45) is 6.33. The van der Waals surface area contributed by atoms with E-state index in [-0.39, 0.29) is 11.7 Å². The highest BCUT2D eigenvalue weighted by atomic mass is 16.1. The number of hydrogen-bond acceptors (Lipinski definition) is 5. The fourth-order valence-corrected chi connectivity index (χ4v) is 3.27. The third-order valence-corrected chi connectivity index (χ3v) is 4.38. The van der Waals surface area contributed by atoms with Gasteiger partial charge in [0, 0.05) is 18.7 Å². The van der Waals surface area contributed by atoms with E-state index in [4.69, 9.17) is 5.73 Å². The summed E-state index contributed by atoms with van der Waals surface area (Å²) in [6, 6.07) is 2.02. The molecule has 1 fully saturated rings. The molecular formula is C14H22N6O. The molecule has 1 aliphatic carbocycles. The van der Waals surface area contributed by atoms with Crippen LogP contribution in [0, 0.1) is 12.8 Å². The van der Waals surface area contributed by atoms with Gasteiger partial charge < -0.3 is 11.1 Å². The number of anilines is 1. The molecule has 7 nitrogen and oxygen atoms in total. The van der Waals surface area contributed by atoms with E-state index < -0.39 is 0 Å². The lowest BCUT2D eigenvalue weighted by Gasteiger charge is -2.30. The summed E-state index contributed by atoms with van der Waals surface area (Å²) in [5.74, 6) is 1.96. The van der Waals surface area contributed by atoms with Gasteiger partial charge >= 0.3 is 5.69 Å². The summed E-state index contributed by atoms with van der Waals surface area (Å²) in [6.45, 7) is 2.39. The average Bonchev–Trinajstić information content (AvgIpc) is 2.87. The number of fused-ring (bicyclic) bond motifs is 1. The molecule has 0 radical (unpaired) electrons. The summed E-state index contributed by atoms with van der Waals surface area (Å²) in [5.41, 5.74) is 6.26. The van der Waals surface area contributed by atoms with Gasteiger partial charge in [-0.25, -0.2) is 19.3 Å². The number of aryl methyl sites for hydroxylation is 1. The van der Waals surface area contributed by atoms with Crippen LogP contribution >= 0.6 is 0 Å². The fourth-order valence-electron chi connectivity index (χ4n) is 3.27. The van der Waals surface area contributed by atoms with Gasteiger partial charge in [-0.1, -0.05) is 19.3 Å². The molecule has 0 bridgehead atoms. The third-order valence-electron chi connectivity index (χ3n) is 4.38. The Morgan fingerprint density at radius 2 is 2.24 bits per heavy atom. The first-order valence-corrected chi connectivity index (χ1v) is 7.60. The minimum absolute atomic E-state index is 0.227. The Morgan fingerprint density at radius 3 is 2.95 bits per heavy atom. The van der Waals surface area contributed by atoms with Crippen molar-refractivity contribution in [3.8, 4) is 0 Å². The number of nitrogens with one attached hydrogen (secondary N) is 2. The van der Waals surface area contributed by atoms with Crippen molar-refractivity contribution in [2.24, 2.45) is 11.7 Å². The lowest BCUT2D eigenvalue weighted by Crippen LogP contribution is -2.37. The normalized spacial score (nSPS) is 18.0. The molecule has 0 spiro atoms. The van der Waals surface area contributed by atoms with Crippen molar-refractivity contribution in [1.29, 1.82) is 0 Å². The summed E-state index contributed by atoms with van der Waals surface area (Å²) in [4.78, 5) is 16.1. The van der Waals surface area contributed by atoms with Crippen LogP contribution in [0.5, 0.6) is 0 Å². The Hall–Kier alpha value is -1.89. The Morgan fingerprint density at radius 1 is 1.48 bits per heavy atom. The van der Waals surface area contributed by atoms with Crippen LogP contribution < -0.4 is 16.7 Å². The lowest BCUT2D eigenvalue weighted by atomic mass is 9.84. The molecule has 0 aromatic carbocycles. The van der Waals surface area contributed by atoms with Gasteiger partial charge in [-0.3, -0.25) is 0 Å². The molecule has 1 saturated carbocycles. The lowest BCUT2D eigenvalue weighted by molar-refractivity contribution is 0.320. The summed E-state index contributed by atoms with van der Waals surface area (Å²) in [7, 11) is 0. The molecule has 1 unspecified atom stereocenters. The Bertz CT molecular complexity index is 670. The van der Waals surface area contributed by atoms with Crippen molar-refractivity contribution in [3.63, 3.8) is 0 Å². The van der Waals surface area contributed by atoms with Crippen molar-refractivity contribution in [2.75, 3.05) is 11.9 Å². The average molecular weight is 290 g/mol. The van der Waals surface area contributed by atoms with E-state index in [2.05, 4.69) is 20.5 Å². The molecule has 3 rings (SSSR count). The van der Waals surface area contributed by atoms with E-state index in [1.54, 1.807) is 13.0 Å². The van der Waals surface area contributed by atoms with Crippen LogP contribution in [0.25, 0.3) is 5.65 Å². The Balaban J connectivity index is 1.84. The molecule has 0 saturated heterocycles. The van der Waals surface area contributed by atoms with Crippen molar-refractivity contribution < 1.29 is 0 Å². The van der Waals surface area contributed by atoms with E-state index in [9.17, 15) is 4.79 Å². The van der Waals surface area contributed by atoms with Gasteiger partial charge in [0.2, 0.25) is 0 Å². The van der Waals surface area contributed by atoms with Gasteiger partial charge in [-0.15, -0.1) is 0 Å². The summed E-state index contributed by atoms with van der Waals surface area (Å²) >= 11 is 0. The van der Waals surface area contributed by atoms with E-state index in [0.717, 1.165) is 5.82 Å². The second-order valence-electron chi connectivity index (χ2n) is 5.80. The zero-order valence-corrected chi connectivity index (χ0v) is 12.3. The van der Waals surface area contributed by atoms with Crippen molar-refractivity contribution in [2.45, 2.75) is 45.1 Å². The minimum atomic E-state index is -0.260. The standard InChI is InChI=1S/C14H22N6O/c1-9-16-12(7-13-18-19-14(21)20(9)13)17-11(8-15)10-5-3-2-4-6-10/h7,10-11,17H,2-6,8,15H2,1H3,(H,19,21). The SMILES string of the molecule is Cc1nc(NC(CN)C2CCCCC2)cc2n[nH]c(=O)n12. The highest BCUT2D eigenvalue weighted by Crippen LogP contribution is 2.27. The molecule has 0 aliphatic heterocycles. The highest BCUT2D eigenvalue weighted by molar-refractivity contribution is 5.50. The summed E-state index contributed by atoms with van der Waals surface area (Å²) < 4.78 is 1.46. The molecule has 2 heterocycles. The molecule has 7 heteroatoms. The van der Waals surface area contributed by atoms with Gasteiger partial charge in [-0.2, -0.15) is 5.10 Å². The minimum Gasteiger partial charge on any atom is -0.366 e. The number of rotatable bonds is 4. The molecule has 2 aromatic heterocycles. The fraction of sp³-hybridized carbons (Fsp3) is 0.643. The largest absolute Gasteiger partial charge is 0.366 e. The third kappa shape index (κ3) is 2.78. The van der Waals surface area contributed by atoms with Gasteiger partial charge in [0.1, 0.15) is 11.6 Å². The maximum atomic E-state index is 11.6. The number of aromatic nitrogens is 4. The van der Waals surface area contributed by atoms with Crippen LogP contribution in [-0.4, -0.2) is 32.2 Å². The number of hydrogen-bond donors (Lipinski definition) is 3. The quantitative estimate of drug-likeness (QED) is 0.781. The summed E-state index contributed by atoms with van der Waals surface area (Å²) in [5, 5.41) is 9.88. The first kappa shape index (κ1) is 14.1. The maximum Gasteiger partial charge on any atom is 0.349 e. The van der Waals surface area contributed by atoms with Crippen LogP contribution in [-0.2, 0) is 0 Å². The van der Waals surface area contributed by atoms with E-state index >= 15 is 0 Å². The van der Waals surface area contributed by atoms with Crippen molar-refractivity contribution >= 4 is 11.5 Å². The predicted molar refractivity (Wildman–Crippen MR) is 81.4 cm³/mol. The maximum absolute atomic E-state index is 11.6. The molecule has 4 N–H and O–H groups in total. The highest BCUT2D eigenvalue weighted by Gasteiger charge is 2.23. The van der Waals surface area contributed by atoms with Gasteiger partial charge in [0.05, 0.1) is 0 Å². The molecule has 0 amide bonds. The number of nitrogens with zero attached hydrogens (tertiary/aromatic N) is 3. The number of nitrogens with two attached hydrogens (primary N) is 1. The van der Waals surface area contributed by atoms with Crippen LogP contribution in [0.15, 0.2) is 10.9 Å². The first-order chi connectivity index (χ1) is 10.2. The van der Waals surface area contributed by atoms with Gasteiger partial charge in [0.25, 0.3) is 0 Å². The topological polar surface area (TPSA) is 101 Å². The van der Waals surface area contributed by atoms with Gasteiger partial charge in [-0.05, 0) is 25.7 Å². The predicted octanol–water partition coefficient (Wildman–Crippen LogP) is 1.05. The first-order valence-electron chi connectivity index (χ1n) is 7.60. The van der Waals surface area contributed by atoms with Crippen LogP contribution in [0.4, 0.5) is 5.82 Å². The molecule has 114 valence electrons. The van der Waals surface area contributed by atoms with Crippen LogP contribution in [0.2, 0.25) is 0 Å². The van der Waals surface area contributed by atoms with Crippen LogP contribution in [0.3, 0.4) is 0 Å². The Labute approximate surface area is 123 Å². The molecular weight excluding hydrogens is 268 g/mol. The zero-order chi connectivity index (χ0) is 14.8. The number of aromatic amines is 1. The van der Waals surface area contributed by atoms with E-state index in [1.165, 1.54) is 36.5 Å². The molecule has 21 heavy (non-hydrogen) atoms. The van der Waals surface area contributed by atoms with Crippen molar-refractivity contribution in [1.82, 2.24) is 19.6 Å².